The van der Waals surface area contributed by atoms with Crippen LogP contribution in [0.1, 0.15) is 55.5 Å². The van der Waals surface area contributed by atoms with E-state index in [4.69, 9.17) is 0 Å². The number of para-hydroxylation sites is 1. The van der Waals surface area contributed by atoms with Gasteiger partial charge in [-0.3, -0.25) is 4.79 Å². The maximum absolute atomic E-state index is 13.1. The maximum atomic E-state index is 13.1. The van der Waals surface area contributed by atoms with E-state index in [0.29, 0.717) is 18.4 Å². The van der Waals surface area contributed by atoms with Gasteiger partial charge in [0.25, 0.3) is 0 Å². The van der Waals surface area contributed by atoms with Crippen molar-refractivity contribution in [2.45, 2.75) is 50.2 Å². The van der Waals surface area contributed by atoms with E-state index in [0.717, 1.165) is 35.5 Å². The Bertz CT molecular complexity index is 1100. The maximum Gasteiger partial charge on any atom is 0.163 e. The van der Waals surface area contributed by atoms with Crippen LogP contribution in [-0.2, 0) is 15.3 Å². The first-order chi connectivity index (χ1) is 14.1. The van der Waals surface area contributed by atoms with Crippen LogP contribution < -0.4 is 4.90 Å². The fourth-order valence-electron chi connectivity index (χ4n) is 5.01. The summed E-state index contributed by atoms with van der Waals surface area (Å²) in [7, 11) is -3.12. The van der Waals surface area contributed by atoms with E-state index in [1.807, 2.05) is 36.4 Å². The third-order valence-corrected chi connectivity index (χ3v) is 8.55. The van der Waals surface area contributed by atoms with Crippen molar-refractivity contribution in [2.75, 3.05) is 11.2 Å². The Balaban J connectivity index is 1.65. The van der Waals surface area contributed by atoms with Gasteiger partial charge in [0.1, 0.15) is 0 Å². The van der Waals surface area contributed by atoms with Crippen molar-refractivity contribution >= 4 is 27.0 Å². The predicted molar refractivity (Wildman–Crippen MR) is 122 cm³/mol. The molecule has 0 unspecified atom stereocenters. The van der Waals surface area contributed by atoms with Gasteiger partial charge in [-0.15, -0.1) is 0 Å². The largest absolute Gasteiger partial charge is 0.314 e. The fraction of sp³-hybridized carbons (Fsp3) is 0.400. The van der Waals surface area contributed by atoms with Crippen molar-refractivity contribution in [1.82, 2.24) is 0 Å². The second kappa shape index (κ2) is 7.38. The molecule has 0 spiro atoms. The molecule has 158 valence electrons. The minimum absolute atomic E-state index is 0.0259. The van der Waals surface area contributed by atoms with Crippen molar-refractivity contribution in [3.05, 3.63) is 71.9 Å². The lowest BCUT2D eigenvalue weighted by Gasteiger charge is -2.25. The van der Waals surface area contributed by atoms with Gasteiger partial charge in [-0.05, 0) is 54.7 Å². The van der Waals surface area contributed by atoms with Gasteiger partial charge in [0, 0.05) is 40.7 Å². The number of hydrogen-bond donors (Lipinski definition) is 0. The Hall–Kier alpha value is -2.40. The Morgan fingerprint density at radius 1 is 1.13 bits per heavy atom. The molecule has 4 nitrogen and oxygen atoms in total. The lowest BCUT2D eigenvalue weighted by Crippen LogP contribution is -2.26. The summed E-state index contributed by atoms with van der Waals surface area (Å²) in [4.78, 5) is 15.2. The third kappa shape index (κ3) is 3.49. The molecule has 2 aromatic rings. The van der Waals surface area contributed by atoms with Gasteiger partial charge in [0.2, 0.25) is 0 Å². The fourth-order valence-corrected chi connectivity index (χ4v) is 6.54. The van der Waals surface area contributed by atoms with Crippen LogP contribution in [-0.4, -0.2) is 25.7 Å². The van der Waals surface area contributed by atoms with E-state index in [1.165, 1.54) is 6.26 Å². The molecule has 1 heterocycles. The summed E-state index contributed by atoms with van der Waals surface area (Å²) in [5, 5.41) is -0.388. The summed E-state index contributed by atoms with van der Waals surface area (Å²) in [5.41, 5.74) is 4.50. The Labute approximate surface area is 179 Å². The van der Waals surface area contributed by atoms with Crippen LogP contribution in [0.15, 0.2) is 60.8 Å². The van der Waals surface area contributed by atoms with Crippen LogP contribution in [0.3, 0.4) is 0 Å². The monoisotopic (exact) mass is 423 g/mol. The lowest BCUT2D eigenvalue weighted by molar-refractivity contribution is 0.0962. The summed E-state index contributed by atoms with van der Waals surface area (Å²) >= 11 is 0. The highest BCUT2D eigenvalue weighted by atomic mass is 32.2. The van der Waals surface area contributed by atoms with Gasteiger partial charge in [0.15, 0.2) is 15.6 Å². The molecule has 0 aromatic heterocycles. The van der Waals surface area contributed by atoms with E-state index < -0.39 is 9.84 Å². The van der Waals surface area contributed by atoms with E-state index in [2.05, 4.69) is 37.5 Å². The smallest absolute Gasteiger partial charge is 0.163 e. The van der Waals surface area contributed by atoms with E-state index >= 15 is 0 Å². The first-order valence-electron chi connectivity index (χ1n) is 10.5. The number of allylic oxidation sites excluding steroid dienone is 1. The van der Waals surface area contributed by atoms with Crippen LogP contribution in [0.4, 0.5) is 11.4 Å². The number of rotatable bonds is 5. The van der Waals surface area contributed by atoms with Crippen LogP contribution in [0.5, 0.6) is 0 Å². The second-order valence-corrected chi connectivity index (χ2v) is 11.4. The van der Waals surface area contributed by atoms with Gasteiger partial charge >= 0.3 is 0 Å². The lowest BCUT2D eigenvalue weighted by atomic mass is 9.83. The number of ketones is 1. The standard InChI is InChI=1S/C25H29NO3S/c1-17-25(2,3)21-15-18(13-14-22(21)26(17)20-10-6-5-7-11-20)23(27)16-19-9-8-12-24(19)30(4,28)29/h5-7,10-11,13-15,19,24H,1,8-9,12,16H2,2-4H3/t19-,24-/m1/s1. The average Bonchev–Trinajstić information content (AvgIpc) is 3.24. The highest BCUT2D eigenvalue weighted by Gasteiger charge is 2.40. The predicted octanol–water partition coefficient (Wildman–Crippen LogP) is 5.42. The molecule has 2 aromatic carbocycles. The molecule has 0 saturated heterocycles. The molecule has 1 fully saturated rings. The number of carbonyl (C=O) groups is 1. The Morgan fingerprint density at radius 3 is 2.50 bits per heavy atom. The first-order valence-corrected chi connectivity index (χ1v) is 12.5. The normalized spacial score (nSPS) is 22.9. The summed E-state index contributed by atoms with van der Waals surface area (Å²) in [6, 6.07) is 16.0. The summed E-state index contributed by atoms with van der Waals surface area (Å²) in [5.74, 6) is -0.0533. The summed E-state index contributed by atoms with van der Waals surface area (Å²) in [6.07, 6.45) is 3.93. The molecular weight excluding hydrogens is 394 g/mol. The van der Waals surface area contributed by atoms with E-state index in [-0.39, 0.29) is 22.4 Å². The van der Waals surface area contributed by atoms with Crippen molar-refractivity contribution < 1.29 is 13.2 Å². The van der Waals surface area contributed by atoms with Gasteiger partial charge in [-0.25, -0.2) is 8.42 Å². The molecule has 1 aliphatic carbocycles. The minimum Gasteiger partial charge on any atom is -0.314 e. The highest BCUT2D eigenvalue weighted by Crippen LogP contribution is 2.50. The molecule has 5 heteroatoms. The molecule has 0 N–H and O–H groups in total. The van der Waals surface area contributed by atoms with E-state index in [1.54, 1.807) is 0 Å². The molecular formula is C25H29NO3S. The molecule has 30 heavy (non-hydrogen) atoms. The zero-order valence-electron chi connectivity index (χ0n) is 17.9. The molecule has 2 aliphatic rings. The topological polar surface area (TPSA) is 54.5 Å². The Kier molecular flexibility index (Phi) is 5.13. The second-order valence-electron chi connectivity index (χ2n) is 9.16. The molecule has 2 atom stereocenters. The summed E-state index contributed by atoms with van der Waals surface area (Å²) < 4.78 is 24.2. The highest BCUT2D eigenvalue weighted by molar-refractivity contribution is 7.91. The number of Topliss-reactive ketones (excluding diaryl/α,β-unsaturated/α-hetero) is 1. The number of fused-ring (bicyclic) bond motifs is 1. The van der Waals surface area contributed by atoms with E-state index in [9.17, 15) is 13.2 Å². The quantitative estimate of drug-likeness (QED) is 0.603. The van der Waals surface area contributed by atoms with Gasteiger partial charge < -0.3 is 4.90 Å². The van der Waals surface area contributed by atoms with Gasteiger partial charge in [0.05, 0.1) is 5.25 Å². The first kappa shape index (κ1) is 20.9. The average molecular weight is 424 g/mol. The van der Waals surface area contributed by atoms with Crippen molar-refractivity contribution in [3.8, 4) is 0 Å². The van der Waals surface area contributed by atoms with Crippen molar-refractivity contribution in [2.24, 2.45) is 5.92 Å². The zero-order chi connectivity index (χ0) is 21.7. The van der Waals surface area contributed by atoms with Gasteiger partial charge in [-0.1, -0.05) is 45.0 Å². The zero-order valence-corrected chi connectivity index (χ0v) is 18.7. The molecule has 0 radical (unpaired) electrons. The number of benzene rings is 2. The minimum atomic E-state index is -3.12. The number of sulfone groups is 1. The number of carbonyl (C=O) groups excluding carboxylic acids is 1. The molecule has 4 rings (SSSR count). The number of hydrogen-bond acceptors (Lipinski definition) is 4. The molecule has 0 amide bonds. The number of anilines is 2. The van der Waals surface area contributed by atoms with Crippen molar-refractivity contribution in [3.63, 3.8) is 0 Å². The van der Waals surface area contributed by atoms with Crippen LogP contribution in [0, 0.1) is 5.92 Å². The number of nitrogens with zero attached hydrogens (tertiary/aromatic N) is 1. The SMILES string of the molecule is C=C1N(c2ccccc2)c2ccc(C(=O)C[C@H]3CCC[C@H]3S(C)(=O)=O)cc2C1(C)C. The summed E-state index contributed by atoms with van der Waals surface area (Å²) in [6.45, 7) is 8.60. The van der Waals surface area contributed by atoms with Gasteiger partial charge in [-0.2, -0.15) is 0 Å². The third-order valence-electron chi connectivity index (χ3n) is 6.83. The van der Waals surface area contributed by atoms with Crippen LogP contribution in [0.2, 0.25) is 0 Å². The van der Waals surface area contributed by atoms with Crippen LogP contribution in [0.25, 0.3) is 0 Å². The molecule has 0 bridgehead atoms. The van der Waals surface area contributed by atoms with Crippen LogP contribution >= 0.6 is 0 Å². The molecule has 1 saturated carbocycles. The molecule has 1 aliphatic heterocycles. The van der Waals surface area contributed by atoms with Crippen molar-refractivity contribution in [1.29, 1.82) is 0 Å². The Morgan fingerprint density at radius 2 is 1.83 bits per heavy atom.